The van der Waals surface area contributed by atoms with Gasteiger partial charge in [0.1, 0.15) is 0 Å². The predicted octanol–water partition coefficient (Wildman–Crippen LogP) is 1.47. The normalized spacial score (nSPS) is 10.2. The molecule has 0 aliphatic rings. The lowest BCUT2D eigenvalue weighted by molar-refractivity contribution is 0.872. The third kappa shape index (κ3) is 2.79. The van der Waals surface area contributed by atoms with Gasteiger partial charge in [-0.3, -0.25) is 0 Å². The van der Waals surface area contributed by atoms with Crippen molar-refractivity contribution in [1.29, 1.82) is 0 Å². The summed E-state index contributed by atoms with van der Waals surface area (Å²) in [7, 11) is 0. The number of hydrogen-bond donors (Lipinski definition) is 2. The van der Waals surface area contributed by atoms with Crippen molar-refractivity contribution in [2.75, 3.05) is 18.4 Å². The maximum absolute atomic E-state index is 5.37. The molecule has 0 saturated carbocycles. The molecule has 12 heavy (non-hydrogen) atoms. The molecule has 1 heterocycles. The van der Waals surface area contributed by atoms with Crippen molar-refractivity contribution >= 4 is 16.5 Å². The number of aryl methyl sites for hydroxylation is 1. The summed E-state index contributed by atoms with van der Waals surface area (Å²) in [6.07, 6.45) is 2.01. The second kappa shape index (κ2) is 5.11. The van der Waals surface area contributed by atoms with E-state index >= 15 is 0 Å². The van der Waals surface area contributed by atoms with Crippen LogP contribution in [0.25, 0.3) is 0 Å². The zero-order valence-corrected chi connectivity index (χ0v) is 8.16. The van der Waals surface area contributed by atoms with Crippen LogP contribution < -0.4 is 11.1 Å². The Bertz CT molecular complexity index is 222. The van der Waals surface area contributed by atoms with Crippen LogP contribution in [0.2, 0.25) is 0 Å². The molecule has 0 aliphatic heterocycles. The minimum absolute atomic E-state index is 0.735. The summed E-state index contributed by atoms with van der Waals surface area (Å²) in [5, 5.41) is 6.33. The van der Waals surface area contributed by atoms with Crippen molar-refractivity contribution in [3.63, 3.8) is 0 Å². The number of nitrogens with zero attached hydrogens (tertiary/aromatic N) is 1. The summed E-state index contributed by atoms with van der Waals surface area (Å²) in [6.45, 7) is 3.77. The molecule has 3 N–H and O–H groups in total. The average molecular weight is 185 g/mol. The van der Waals surface area contributed by atoms with E-state index in [4.69, 9.17) is 5.73 Å². The fourth-order valence-corrected chi connectivity index (χ4v) is 1.67. The van der Waals surface area contributed by atoms with Crippen LogP contribution in [-0.4, -0.2) is 18.1 Å². The zero-order valence-electron chi connectivity index (χ0n) is 7.34. The van der Waals surface area contributed by atoms with Crippen molar-refractivity contribution in [2.24, 2.45) is 5.73 Å². The maximum Gasteiger partial charge on any atom is 0.182 e. The standard InChI is InChI=1S/C8H15N3S/c1-2-7-6-12-8(11-7)10-5-3-4-9/h6H,2-5,9H2,1H3,(H,10,11). The highest BCUT2D eigenvalue weighted by atomic mass is 32.1. The quantitative estimate of drug-likeness (QED) is 0.683. The van der Waals surface area contributed by atoms with Gasteiger partial charge in [-0.05, 0) is 19.4 Å². The van der Waals surface area contributed by atoms with Gasteiger partial charge < -0.3 is 11.1 Å². The molecule has 1 aromatic rings. The maximum atomic E-state index is 5.37. The van der Waals surface area contributed by atoms with Crippen molar-refractivity contribution in [3.05, 3.63) is 11.1 Å². The first-order valence-corrected chi connectivity index (χ1v) is 5.13. The van der Waals surface area contributed by atoms with E-state index in [1.54, 1.807) is 11.3 Å². The molecule has 0 aromatic carbocycles. The zero-order chi connectivity index (χ0) is 8.81. The van der Waals surface area contributed by atoms with Gasteiger partial charge in [-0.25, -0.2) is 4.98 Å². The van der Waals surface area contributed by atoms with Gasteiger partial charge in [-0.15, -0.1) is 11.3 Å². The number of nitrogens with one attached hydrogen (secondary N) is 1. The third-order valence-electron chi connectivity index (χ3n) is 1.57. The molecule has 3 nitrogen and oxygen atoms in total. The Morgan fingerprint density at radius 1 is 1.67 bits per heavy atom. The smallest absolute Gasteiger partial charge is 0.182 e. The molecular weight excluding hydrogens is 170 g/mol. The lowest BCUT2D eigenvalue weighted by Gasteiger charge is -1.98. The van der Waals surface area contributed by atoms with Gasteiger partial charge in [-0.1, -0.05) is 6.92 Å². The third-order valence-corrected chi connectivity index (χ3v) is 2.42. The van der Waals surface area contributed by atoms with Crippen LogP contribution in [0, 0.1) is 0 Å². The number of rotatable bonds is 5. The molecular formula is C8H15N3S. The summed E-state index contributed by atoms with van der Waals surface area (Å²) < 4.78 is 0. The summed E-state index contributed by atoms with van der Waals surface area (Å²) in [4.78, 5) is 4.37. The Morgan fingerprint density at radius 2 is 2.50 bits per heavy atom. The van der Waals surface area contributed by atoms with Gasteiger partial charge in [0.05, 0.1) is 5.69 Å². The van der Waals surface area contributed by atoms with E-state index in [1.807, 2.05) is 0 Å². The largest absolute Gasteiger partial charge is 0.361 e. The first-order valence-electron chi connectivity index (χ1n) is 4.25. The highest BCUT2D eigenvalue weighted by molar-refractivity contribution is 7.13. The molecule has 0 spiro atoms. The van der Waals surface area contributed by atoms with Gasteiger partial charge in [0.25, 0.3) is 0 Å². The Labute approximate surface area is 77.0 Å². The van der Waals surface area contributed by atoms with E-state index in [0.717, 1.165) is 36.8 Å². The van der Waals surface area contributed by atoms with Crippen molar-refractivity contribution in [2.45, 2.75) is 19.8 Å². The summed E-state index contributed by atoms with van der Waals surface area (Å²) >= 11 is 1.66. The van der Waals surface area contributed by atoms with Crippen LogP contribution in [0.4, 0.5) is 5.13 Å². The van der Waals surface area contributed by atoms with E-state index in [2.05, 4.69) is 22.6 Å². The van der Waals surface area contributed by atoms with Crippen LogP contribution in [0.3, 0.4) is 0 Å². The predicted molar refractivity (Wildman–Crippen MR) is 53.7 cm³/mol. The second-order valence-corrected chi connectivity index (χ2v) is 3.42. The first-order chi connectivity index (χ1) is 5.86. The Hall–Kier alpha value is -0.610. The highest BCUT2D eigenvalue weighted by Gasteiger charge is 1.97. The van der Waals surface area contributed by atoms with Crippen LogP contribution >= 0.6 is 11.3 Å². The fourth-order valence-electron chi connectivity index (χ4n) is 0.848. The summed E-state index contributed by atoms with van der Waals surface area (Å²) in [5.41, 5.74) is 6.53. The molecule has 0 atom stereocenters. The van der Waals surface area contributed by atoms with E-state index in [0.29, 0.717) is 0 Å². The van der Waals surface area contributed by atoms with Crippen molar-refractivity contribution in [3.8, 4) is 0 Å². The molecule has 0 bridgehead atoms. The number of hydrogen-bond acceptors (Lipinski definition) is 4. The van der Waals surface area contributed by atoms with E-state index in [-0.39, 0.29) is 0 Å². The van der Waals surface area contributed by atoms with Gasteiger partial charge in [0.15, 0.2) is 5.13 Å². The highest BCUT2D eigenvalue weighted by Crippen LogP contribution is 2.15. The van der Waals surface area contributed by atoms with E-state index in [1.165, 1.54) is 0 Å². The van der Waals surface area contributed by atoms with Gasteiger partial charge in [0.2, 0.25) is 0 Å². The Morgan fingerprint density at radius 3 is 3.08 bits per heavy atom. The Kier molecular flexibility index (Phi) is 4.04. The van der Waals surface area contributed by atoms with Crippen LogP contribution in [0.5, 0.6) is 0 Å². The monoisotopic (exact) mass is 185 g/mol. The molecule has 68 valence electrons. The first kappa shape index (κ1) is 9.48. The average Bonchev–Trinajstić information content (AvgIpc) is 2.53. The molecule has 0 aliphatic carbocycles. The molecule has 0 unspecified atom stereocenters. The van der Waals surface area contributed by atoms with Crippen LogP contribution in [-0.2, 0) is 6.42 Å². The van der Waals surface area contributed by atoms with E-state index in [9.17, 15) is 0 Å². The van der Waals surface area contributed by atoms with Crippen LogP contribution in [0.1, 0.15) is 19.0 Å². The van der Waals surface area contributed by atoms with Crippen LogP contribution in [0.15, 0.2) is 5.38 Å². The minimum atomic E-state index is 0.735. The lowest BCUT2D eigenvalue weighted by Crippen LogP contribution is -2.08. The lowest BCUT2D eigenvalue weighted by atomic mass is 10.4. The summed E-state index contributed by atoms with van der Waals surface area (Å²) in [5.74, 6) is 0. The topological polar surface area (TPSA) is 50.9 Å². The molecule has 1 rings (SSSR count). The Balaban J connectivity index is 2.31. The molecule has 4 heteroatoms. The molecule has 1 aromatic heterocycles. The summed E-state index contributed by atoms with van der Waals surface area (Å²) in [6, 6.07) is 0. The van der Waals surface area contributed by atoms with Gasteiger partial charge >= 0.3 is 0 Å². The van der Waals surface area contributed by atoms with Crippen molar-refractivity contribution in [1.82, 2.24) is 4.98 Å². The number of aromatic nitrogens is 1. The molecule has 0 radical (unpaired) electrons. The fraction of sp³-hybridized carbons (Fsp3) is 0.625. The molecule has 0 amide bonds. The van der Waals surface area contributed by atoms with Crippen molar-refractivity contribution < 1.29 is 0 Å². The molecule has 0 saturated heterocycles. The number of thiazole rings is 1. The van der Waals surface area contributed by atoms with Gasteiger partial charge in [-0.2, -0.15) is 0 Å². The second-order valence-electron chi connectivity index (χ2n) is 2.57. The van der Waals surface area contributed by atoms with Gasteiger partial charge in [0, 0.05) is 11.9 Å². The molecule has 0 fully saturated rings. The number of nitrogens with two attached hydrogens (primary N) is 1. The van der Waals surface area contributed by atoms with E-state index < -0.39 is 0 Å². The number of anilines is 1. The SMILES string of the molecule is CCc1csc(NCCCN)n1. The minimum Gasteiger partial charge on any atom is -0.361 e.